The smallest absolute Gasteiger partial charge is 0.280 e. The van der Waals surface area contributed by atoms with Crippen LogP contribution in [0.2, 0.25) is 0 Å². The number of nitro benzene ring substituents is 1. The fraction of sp³-hybridized carbons (Fsp3) is 0.333. The zero-order valence-electron chi connectivity index (χ0n) is 27.7. The van der Waals surface area contributed by atoms with E-state index in [1.165, 1.54) is 74.2 Å². The molecular weight excluding hydrogens is 609 g/mol. The molecule has 0 spiro atoms. The van der Waals surface area contributed by atoms with E-state index in [-0.39, 0.29) is 5.69 Å². The van der Waals surface area contributed by atoms with Gasteiger partial charge in [-0.2, -0.15) is 0 Å². The summed E-state index contributed by atoms with van der Waals surface area (Å²) < 4.78 is 16.9. The van der Waals surface area contributed by atoms with Crippen LogP contribution < -0.4 is 14.2 Å². The number of ether oxygens (including phenoxy) is 3. The molecule has 1 unspecified atom stereocenters. The van der Waals surface area contributed by atoms with Gasteiger partial charge in [-0.1, -0.05) is 67.9 Å². The van der Waals surface area contributed by atoms with Crippen molar-refractivity contribution in [1.82, 2.24) is 4.90 Å². The van der Waals surface area contributed by atoms with Crippen molar-refractivity contribution in [2.75, 3.05) is 39.6 Å². The Kier molecular flexibility index (Phi) is 12.0. The normalized spacial score (nSPS) is 14.6. The molecule has 0 bridgehead atoms. The van der Waals surface area contributed by atoms with E-state index in [0.717, 1.165) is 29.8 Å². The molecule has 0 amide bonds. The highest BCUT2D eigenvalue weighted by Gasteiger charge is 2.25. The molecule has 4 aromatic rings. The molecule has 1 atom stereocenters. The molecule has 5 rings (SSSR count). The van der Waals surface area contributed by atoms with Crippen LogP contribution in [0.1, 0.15) is 67.9 Å². The Labute approximate surface area is 282 Å². The van der Waals surface area contributed by atoms with Crippen molar-refractivity contribution >= 4 is 28.6 Å². The first-order valence-corrected chi connectivity index (χ1v) is 17.3. The highest BCUT2D eigenvalue weighted by molar-refractivity contribution is 7.99. The van der Waals surface area contributed by atoms with Crippen LogP contribution >= 0.6 is 11.8 Å². The van der Waals surface area contributed by atoms with Crippen molar-refractivity contribution in [3.8, 4) is 17.2 Å². The minimum atomic E-state index is -0.605. The molecule has 0 saturated carbocycles. The van der Waals surface area contributed by atoms with Gasteiger partial charge in [0.05, 0.1) is 30.8 Å². The van der Waals surface area contributed by atoms with Crippen LogP contribution in [-0.2, 0) is 0 Å². The summed E-state index contributed by atoms with van der Waals surface area (Å²) in [4.78, 5) is 15.3. The van der Waals surface area contributed by atoms with Gasteiger partial charge in [0, 0.05) is 17.2 Å². The van der Waals surface area contributed by atoms with E-state index in [1.807, 2.05) is 30.0 Å². The van der Waals surface area contributed by atoms with Gasteiger partial charge in [0.1, 0.15) is 11.9 Å². The summed E-state index contributed by atoms with van der Waals surface area (Å²) in [5.41, 5.74) is 6.20. The third kappa shape index (κ3) is 8.56. The lowest BCUT2D eigenvalue weighted by Gasteiger charge is -2.26. The van der Waals surface area contributed by atoms with Gasteiger partial charge in [-0.25, -0.2) is 0 Å². The van der Waals surface area contributed by atoms with Crippen LogP contribution in [0.25, 0.3) is 11.1 Å². The van der Waals surface area contributed by atoms with Crippen molar-refractivity contribution < 1.29 is 19.1 Å². The Balaban J connectivity index is 1.40. The minimum absolute atomic E-state index is 0.0828. The van der Waals surface area contributed by atoms with E-state index >= 15 is 0 Å². The zero-order valence-corrected chi connectivity index (χ0v) is 28.6. The Morgan fingerprint density at radius 2 is 1.47 bits per heavy atom. The van der Waals surface area contributed by atoms with Gasteiger partial charge >= 0.3 is 0 Å². The second-order valence-corrected chi connectivity index (χ2v) is 12.8. The Morgan fingerprint density at radius 1 is 0.851 bits per heavy atom. The van der Waals surface area contributed by atoms with Crippen molar-refractivity contribution in [1.29, 1.82) is 0 Å². The van der Waals surface area contributed by atoms with Crippen molar-refractivity contribution in [3.63, 3.8) is 0 Å². The van der Waals surface area contributed by atoms with Gasteiger partial charge in [-0.3, -0.25) is 10.1 Å². The van der Waals surface area contributed by atoms with Gasteiger partial charge in [-0.15, -0.1) is 11.8 Å². The largest absolute Gasteiger partial charge is 0.493 e. The number of rotatable bonds is 14. The highest BCUT2D eigenvalue weighted by Crippen LogP contribution is 2.40. The first-order valence-electron chi connectivity index (χ1n) is 16.3. The third-order valence-corrected chi connectivity index (χ3v) is 9.66. The summed E-state index contributed by atoms with van der Waals surface area (Å²) in [6, 6.07) is 30.5. The second-order valence-electron chi connectivity index (χ2n) is 11.7. The molecule has 47 heavy (non-hydrogen) atoms. The molecule has 0 aromatic heterocycles. The number of benzene rings is 4. The second kappa shape index (κ2) is 16.5. The molecule has 1 aliphatic heterocycles. The van der Waals surface area contributed by atoms with Crippen LogP contribution in [0.4, 0.5) is 5.69 Å². The number of thioether (sulfide) groups is 1. The Morgan fingerprint density at radius 3 is 2.06 bits per heavy atom. The van der Waals surface area contributed by atoms with Gasteiger partial charge < -0.3 is 19.1 Å². The quantitative estimate of drug-likeness (QED) is 0.0581. The van der Waals surface area contributed by atoms with Crippen LogP contribution in [0, 0.1) is 10.1 Å². The fourth-order valence-electron chi connectivity index (χ4n) is 6.21. The average Bonchev–Trinajstić information content (AvgIpc) is 3.11. The molecule has 1 fully saturated rings. The number of hydrogen-bond acceptors (Lipinski definition) is 7. The summed E-state index contributed by atoms with van der Waals surface area (Å²) in [5.74, 6) is 2.42. The summed E-state index contributed by atoms with van der Waals surface area (Å²) in [6.45, 7) is 7.59. The highest BCUT2D eigenvalue weighted by atomic mass is 32.2. The molecule has 0 radical (unpaired) electrons. The van der Waals surface area contributed by atoms with Crippen molar-refractivity contribution in [2.24, 2.45) is 0 Å². The number of likely N-dealkylation sites (tertiary alicyclic amines) is 1. The fourth-order valence-corrected chi connectivity index (χ4v) is 7.12. The predicted octanol–water partition coefficient (Wildman–Crippen LogP) is 9.70. The topological polar surface area (TPSA) is 74.1 Å². The van der Waals surface area contributed by atoms with Crippen molar-refractivity contribution in [2.45, 2.75) is 50.5 Å². The van der Waals surface area contributed by atoms with Gasteiger partial charge in [-0.05, 0) is 97.4 Å². The molecule has 7 nitrogen and oxygen atoms in total. The lowest BCUT2D eigenvalue weighted by Crippen LogP contribution is -2.31. The average molecular weight is 653 g/mol. The lowest BCUT2D eigenvalue weighted by molar-refractivity contribution is -0.386. The molecule has 4 aromatic carbocycles. The lowest BCUT2D eigenvalue weighted by atomic mass is 9.88. The summed E-state index contributed by atoms with van der Waals surface area (Å²) in [7, 11) is 2.96. The van der Waals surface area contributed by atoms with Gasteiger partial charge in [0.2, 0.25) is 0 Å². The maximum Gasteiger partial charge on any atom is 0.280 e. The molecule has 8 heteroatoms. The number of piperidine rings is 1. The molecule has 0 N–H and O–H groups in total. The number of hydrogen-bond donors (Lipinski definition) is 0. The van der Waals surface area contributed by atoms with Gasteiger partial charge in [0.15, 0.2) is 11.5 Å². The molecule has 1 aliphatic rings. The maximum absolute atomic E-state index is 11.9. The van der Waals surface area contributed by atoms with E-state index in [2.05, 4.69) is 72.5 Å². The summed E-state index contributed by atoms with van der Waals surface area (Å²) >= 11 is 1.92. The molecule has 246 valence electrons. The first-order chi connectivity index (χ1) is 22.9. The van der Waals surface area contributed by atoms with Crippen molar-refractivity contribution in [3.05, 3.63) is 123 Å². The first kappa shape index (κ1) is 34.1. The third-order valence-electron chi connectivity index (χ3n) is 8.67. The van der Waals surface area contributed by atoms with E-state index in [0.29, 0.717) is 22.8 Å². The van der Waals surface area contributed by atoms with E-state index < -0.39 is 11.0 Å². The predicted molar refractivity (Wildman–Crippen MR) is 192 cm³/mol. The Bertz CT molecular complexity index is 1650. The molecule has 1 heterocycles. The Hall–Kier alpha value is -4.27. The minimum Gasteiger partial charge on any atom is -0.493 e. The number of allylic oxidation sites excluding steroid dienone is 1. The number of nitrogens with zero attached hydrogens (tertiary/aromatic N) is 2. The van der Waals surface area contributed by atoms with E-state index in [9.17, 15) is 10.1 Å². The maximum atomic E-state index is 11.9. The van der Waals surface area contributed by atoms with Crippen LogP contribution in [0.3, 0.4) is 0 Å². The van der Waals surface area contributed by atoms with Crippen LogP contribution in [0.15, 0.2) is 95.9 Å². The van der Waals surface area contributed by atoms with E-state index in [4.69, 9.17) is 14.2 Å². The standard InChI is InChI=1S/C39H44N2O5S/c1-5-34(29-12-8-6-9-13-29)39(31-16-20-33(21-17-31)47-25-24-40-22-10-7-11-23-40)30-14-18-32(19-15-30)46-28(2)35-26-37(44-3)38(45-4)27-36(35)41(42)43/h6,8-9,12-21,26-28H,5,7,10-11,22-25H2,1-4H3/b39-34-. The zero-order chi connectivity index (χ0) is 33.2. The van der Waals surface area contributed by atoms with Crippen LogP contribution in [0.5, 0.6) is 17.2 Å². The van der Waals surface area contributed by atoms with Crippen LogP contribution in [-0.4, -0.2) is 49.4 Å². The molecular formula is C39H44N2O5S. The number of methoxy groups -OCH3 is 2. The number of nitro groups is 1. The molecule has 0 aliphatic carbocycles. The SMILES string of the molecule is CC/C(=C(\c1ccc(OC(C)c2cc(OC)c(OC)cc2[N+](=O)[O-])cc1)c1ccc(SCCN2CCCCC2)cc1)c1ccccc1. The summed E-state index contributed by atoms with van der Waals surface area (Å²) in [6.07, 6.45) is 4.27. The van der Waals surface area contributed by atoms with Gasteiger partial charge in [0.25, 0.3) is 5.69 Å². The molecule has 1 saturated heterocycles. The monoisotopic (exact) mass is 652 g/mol. The summed E-state index contributed by atoms with van der Waals surface area (Å²) in [5, 5.41) is 11.9. The van der Waals surface area contributed by atoms with E-state index in [1.54, 1.807) is 13.0 Å².